The number of rotatable bonds is 1. The number of nitrogens with zero attached hydrogens (tertiary/aromatic N) is 1. The zero-order valence-corrected chi connectivity index (χ0v) is 7.58. The average molecular weight is 172 g/mol. The fourth-order valence-electron chi connectivity index (χ4n) is 1.46. The number of hydrogen-bond donors (Lipinski definition) is 2. The van der Waals surface area contributed by atoms with Crippen LogP contribution in [-0.4, -0.2) is 40.6 Å². The molecule has 1 rings (SSSR count). The standard InChI is InChI=1S/C8H16N2O2/c1-6(9)8(12)3-4-10(5-8)7(2)11/h6,12H,3-5,9H2,1-2H3. The summed E-state index contributed by atoms with van der Waals surface area (Å²) in [5.74, 6) is 0.00609. The number of likely N-dealkylation sites (tertiary alicyclic amines) is 1. The van der Waals surface area contributed by atoms with Crippen LogP contribution in [0.25, 0.3) is 0 Å². The van der Waals surface area contributed by atoms with Gasteiger partial charge >= 0.3 is 0 Å². The molecule has 4 heteroatoms. The maximum Gasteiger partial charge on any atom is 0.219 e. The predicted octanol–water partition coefficient (Wildman–Crippen LogP) is -0.683. The van der Waals surface area contributed by atoms with Gasteiger partial charge in [0, 0.05) is 19.5 Å². The minimum atomic E-state index is -0.869. The van der Waals surface area contributed by atoms with Gasteiger partial charge in [0.2, 0.25) is 5.91 Å². The van der Waals surface area contributed by atoms with Crippen LogP contribution < -0.4 is 5.73 Å². The zero-order chi connectivity index (χ0) is 9.35. The van der Waals surface area contributed by atoms with E-state index in [2.05, 4.69) is 0 Å². The number of hydrogen-bond acceptors (Lipinski definition) is 3. The summed E-state index contributed by atoms with van der Waals surface area (Å²) in [6.07, 6.45) is 0.588. The smallest absolute Gasteiger partial charge is 0.219 e. The number of amides is 1. The normalized spacial score (nSPS) is 32.2. The number of nitrogens with two attached hydrogens (primary N) is 1. The van der Waals surface area contributed by atoms with Gasteiger partial charge in [-0.05, 0) is 13.3 Å². The fraction of sp³-hybridized carbons (Fsp3) is 0.875. The van der Waals surface area contributed by atoms with Crippen molar-refractivity contribution in [3.8, 4) is 0 Å². The molecule has 70 valence electrons. The quantitative estimate of drug-likeness (QED) is 0.550. The average Bonchev–Trinajstić information content (AvgIpc) is 2.33. The van der Waals surface area contributed by atoms with E-state index < -0.39 is 5.60 Å². The second kappa shape index (κ2) is 3.03. The number of carbonyl (C=O) groups is 1. The monoisotopic (exact) mass is 172 g/mol. The van der Waals surface area contributed by atoms with Gasteiger partial charge in [-0.25, -0.2) is 0 Å². The lowest BCUT2D eigenvalue weighted by atomic mass is 9.96. The van der Waals surface area contributed by atoms with Crippen LogP contribution in [0.3, 0.4) is 0 Å². The number of carbonyl (C=O) groups excluding carboxylic acids is 1. The van der Waals surface area contributed by atoms with Crippen LogP contribution in [0.15, 0.2) is 0 Å². The summed E-state index contributed by atoms with van der Waals surface area (Å²) in [5.41, 5.74) is 4.74. The van der Waals surface area contributed by atoms with E-state index in [0.717, 1.165) is 0 Å². The Balaban J connectivity index is 2.60. The molecule has 4 nitrogen and oxygen atoms in total. The molecule has 1 heterocycles. The molecule has 1 amide bonds. The summed E-state index contributed by atoms with van der Waals surface area (Å²) < 4.78 is 0. The Bertz CT molecular complexity index is 193. The van der Waals surface area contributed by atoms with Gasteiger partial charge in [-0.1, -0.05) is 0 Å². The summed E-state index contributed by atoms with van der Waals surface area (Å²) in [6.45, 7) is 4.27. The molecular weight excluding hydrogens is 156 g/mol. The van der Waals surface area contributed by atoms with Crippen molar-refractivity contribution in [2.24, 2.45) is 5.73 Å². The number of aliphatic hydroxyl groups is 1. The fourth-order valence-corrected chi connectivity index (χ4v) is 1.46. The predicted molar refractivity (Wildman–Crippen MR) is 45.5 cm³/mol. The maximum absolute atomic E-state index is 10.9. The molecule has 0 spiro atoms. The molecule has 0 aliphatic carbocycles. The van der Waals surface area contributed by atoms with Crippen LogP contribution in [0.4, 0.5) is 0 Å². The van der Waals surface area contributed by atoms with Crippen molar-refractivity contribution in [2.75, 3.05) is 13.1 Å². The van der Waals surface area contributed by atoms with Gasteiger partial charge in [0.1, 0.15) is 0 Å². The molecule has 3 N–H and O–H groups in total. The van der Waals surface area contributed by atoms with E-state index in [1.807, 2.05) is 0 Å². The minimum absolute atomic E-state index is 0.00609. The third-order valence-corrected chi connectivity index (χ3v) is 2.57. The molecule has 2 unspecified atom stereocenters. The second-order valence-electron chi connectivity index (χ2n) is 3.58. The molecule has 0 saturated carbocycles. The van der Waals surface area contributed by atoms with E-state index in [1.54, 1.807) is 11.8 Å². The van der Waals surface area contributed by atoms with Crippen molar-refractivity contribution in [2.45, 2.75) is 31.9 Å². The van der Waals surface area contributed by atoms with Crippen molar-refractivity contribution in [3.05, 3.63) is 0 Å². The molecule has 1 fully saturated rings. The van der Waals surface area contributed by atoms with Crippen molar-refractivity contribution in [1.82, 2.24) is 4.90 Å². The molecule has 1 saturated heterocycles. The molecule has 0 bridgehead atoms. The Labute approximate surface area is 72.3 Å². The first kappa shape index (κ1) is 9.48. The van der Waals surface area contributed by atoms with Gasteiger partial charge < -0.3 is 15.7 Å². The topological polar surface area (TPSA) is 66.6 Å². The summed E-state index contributed by atoms with van der Waals surface area (Å²) >= 11 is 0. The highest BCUT2D eigenvalue weighted by atomic mass is 16.3. The van der Waals surface area contributed by atoms with Gasteiger partial charge in [-0.2, -0.15) is 0 Å². The van der Waals surface area contributed by atoms with Gasteiger partial charge in [0.15, 0.2) is 0 Å². The minimum Gasteiger partial charge on any atom is -0.386 e. The van der Waals surface area contributed by atoms with Crippen LogP contribution in [0.5, 0.6) is 0 Å². The summed E-state index contributed by atoms with van der Waals surface area (Å²) in [6, 6.07) is -0.276. The first-order chi connectivity index (χ1) is 5.46. The van der Waals surface area contributed by atoms with E-state index >= 15 is 0 Å². The van der Waals surface area contributed by atoms with Crippen molar-refractivity contribution in [3.63, 3.8) is 0 Å². The van der Waals surface area contributed by atoms with Crippen molar-refractivity contribution < 1.29 is 9.90 Å². The Kier molecular flexibility index (Phi) is 2.39. The highest BCUT2D eigenvalue weighted by Crippen LogP contribution is 2.23. The molecule has 0 aromatic rings. The van der Waals surface area contributed by atoms with Crippen LogP contribution >= 0.6 is 0 Å². The summed E-state index contributed by atoms with van der Waals surface area (Å²) in [7, 11) is 0. The lowest BCUT2D eigenvalue weighted by Crippen LogP contribution is -2.48. The third kappa shape index (κ3) is 1.59. The van der Waals surface area contributed by atoms with Crippen LogP contribution in [-0.2, 0) is 4.79 Å². The first-order valence-corrected chi connectivity index (χ1v) is 4.19. The molecule has 0 radical (unpaired) electrons. The third-order valence-electron chi connectivity index (χ3n) is 2.57. The molecule has 1 aliphatic heterocycles. The van der Waals surface area contributed by atoms with Crippen LogP contribution in [0, 0.1) is 0 Å². The van der Waals surface area contributed by atoms with Crippen LogP contribution in [0.2, 0.25) is 0 Å². The van der Waals surface area contributed by atoms with Crippen LogP contribution in [0.1, 0.15) is 20.3 Å². The first-order valence-electron chi connectivity index (χ1n) is 4.19. The molecule has 2 atom stereocenters. The van der Waals surface area contributed by atoms with E-state index in [-0.39, 0.29) is 11.9 Å². The van der Waals surface area contributed by atoms with Gasteiger partial charge in [0.25, 0.3) is 0 Å². The Morgan fingerprint density at radius 1 is 1.75 bits per heavy atom. The van der Waals surface area contributed by atoms with Crippen molar-refractivity contribution in [1.29, 1.82) is 0 Å². The molecular formula is C8H16N2O2. The lowest BCUT2D eigenvalue weighted by Gasteiger charge is -2.26. The molecule has 0 aromatic carbocycles. The summed E-state index contributed by atoms with van der Waals surface area (Å²) in [4.78, 5) is 12.6. The Morgan fingerprint density at radius 2 is 2.33 bits per heavy atom. The highest BCUT2D eigenvalue weighted by molar-refractivity contribution is 5.73. The Hall–Kier alpha value is -0.610. The highest BCUT2D eigenvalue weighted by Gasteiger charge is 2.39. The largest absolute Gasteiger partial charge is 0.386 e. The molecule has 0 aromatic heterocycles. The van der Waals surface area contributed by atoms with Gasteiger partial charge in [-0.15, -0.1) is 0 Å². The van der Waals surface area contributed by atoms with Crippen molar-refractivity contribution >= 4 is 5.91 Å². The zero-order valence-electron chi connectivity index (χ0n) is 7.58. The van der Waals surface area contributed by atoms with E-state index in [4.69, 9.17) is 5.73 Å². The summed E-state index contributed by atoms with van der Waals surface area (Å²) in [5, 5.41) is 9.87. The molecule has 1 aliphatic rings. The van der Waals surface area contributed by atoms with Gasteiger partial charge in [-0.3, -0.25) is 4.79 Å². The Morgan fingerprint density at radius 3 is 2.58 bits per heavy atom. The van der Waals surface area contributed by atoms with E-state index in [1.165, 1.54) is 6.92 Å². The van der Waals surface area contributed by atoms with Gasteiger partial charge in [0.05, 0.1) is 12.1 Å². The SMILES string of the molecule is CC(=O)N1CCC(O)(C(C)N)C1. The van der Waals surface area contributed by atoms with E-state index in [0.29, 0.717) is 19.5 Å². The molecule has 12 heavy (non-hydrogen) atoms. The van der Waals surface area contributed by atoms with E-state index in [9.17, 15) is 9.90 Å². The second-order valence-corrected chi connectivity index (χ2v) is 3.58. The maximum atomic E-state index is 10.9. The lowest BCUT2D eigenvalue weighted by molar-refractivity contribution is -0.128. The number of β-amino-alcohol motifs (C(OH)–C–C–N with tert-alkyl or cyclic N) is 1.